The van der Waals surface area contributed by atoms with Crippen molar-refractivity contribution in [2.75, 3.05) is 22.5 Å². The molecule has 2 aromatic heterocycles. The van der Waals surface area contributed by atoms with Crippen molar-refractivity contribution in [3.8, 4) is 11.5 Å². The van der Waals surface area contributed by atoms with Crippen LogP contribution in [0.1, 0.15) is 6.42 Å². The summed E-state index contributed by atoms with van der Waals surface area (Å²) in [5, 5.41) is 10.5. The summed E-state index contributed by atoms with van der Waals surface area (Å²) >= 11 is 1.29. The number of pyridine rings is 1. The highest BCUT2D eigenvalue weighted by Gasteiger charge is 2.25. The Hall–Kier alpha value is -3.27. The molecule has 0 saturated carbocycles. The summed E-state index contributed by atoms with van der Waals surface area (Å²) in [4.78, 5) is 33.7. The van der Waals surface area contributed by atoms with Gasteiger partial charge in [-0.05, 0) is 30.3 Å². The average molecular weight is 398 g/mol. The van der Waals surface area contributed by atoms with E-state index in [-0.39, 0.29) is 42.3 Å². The first-order chi connectivity index (χ1) is 13.6. The van der Waals surface area contributed by atoms with Crippen LogP contribution in [-0.4, -0.2) is 44.3 Å². The van der Waals surface area contributed by atoms with Crippen molar-refractivity contribution in [1.29, 1.82) is 0 Å². The molecular formula is C18H15FN6O2S. The maximum Gasteiger partial charge on any atom is 0.237 e. The number of nitrogens with zero attached hydrogens (tertiary/aromatic N) is 4. The van der Waals surface area contributed by atoms with Crippen molar-refractivity contribution in [2.24, 2.45) is 0 Å². The fourth-order valence-corrected chi connectivity index (χ4v) is 3.72. The molecule has 3 aromatic rings. The van der Waals surface area contributed by atoms with Gasteiger partial charge in [-0.2, -0.15) is 0 Å². The predicted molar refractivity (Wildman–Crippen MR) is 102 cm³/mol. The normalized spacial score (nSPS) is 13.3. The first kappa shape index (κ1) is 18.1. The Morgan fingerprint density at radius 3 is 3.00 bits per heavy atom. The molecule has 28 heavy (non-hydrogen) atoms. The first-order valence-electron chi connectivity index (χ1n) is 8.47. The van der Waals surface area contributed by atoms with E-state index < -0.39 is 0 Å². The molecule has 1 aliphatic heterocycles. The number of anilines is 2. The zero-order chi connectivity index (χ0) is 19.5. The number of rotatable bonds is 5. The standard InChI is InChI=1S/C18H15FN6O2S/c19-11-4-5-13-14(9-11)28-10-16(27)25(13)8-6-15(26)21-18-22-17(23-24-18)12-3-1-2-7-20-12/h1-5,7,9H,6,8,10H2,(H2,21,22,23,24,26). The second-order valence-electron chi connectivity index (χ2n) is 5.98. The summed E-state index contributed by atoms with van der Waals surface area (Å²) in [7, 11) is 0. The Morgan fingerprint density at radius 2 is 2.18 bits per heavy atom. The zero-order valence-corrected chi connectivity index (χ0v) is 15.4. The number of thioether (sulfide) groups is 1. The first-order valence-corrected chi connectivity index (χ1v) is 9.45. The van der Waals surface area contributed by atoms with Crippen molar-refractivity contribution < 1.29 is 14.0 Å². The van der Waals surface area contributed by atoms with Crippen LogP contribution in [0.15, 0.2) is 47.5 Å². The molecule has 1 aromatic carbocycles. The molecule has 0 radical (unpaired) electrons. The van der Waals surface area contributed by atoms with E-state index in [0.717, 1.165) is 0 Å². The number of hydrogen-bond acceptors (Lipinski definition) is 6. The van der Waals surface area contributed by atoms with Gasteiger partial charge in [0, 0.05) is 24.1 Å². The number of aromatic nitrogens is 4. The minimum Gasteiger partial charge on any atom is -0.310 e. The molecule has 8 nitrogen and oxygen atoms in total. The largest absolute Gasteiger partial charge is 0.310 e. The van der Waals surface area contributed by atoms with E-state index in [4.69, 9.17) is 0 Å². The third kappa shape index (κ3) is 3.86. The van der Waals surface area contributed by atoms with E-state index in [1.165, 1.54) is 28.8 Å². The fraction of sp³-hybridized carbons (Fsp3) is 0.167. The number of carbonyl (C=O) groups is 2. The van der Waals surface area contributed by atoms with Crippen LogP contribution in [0, 0.1) is 5.82 Å². The molecule has 0 aliphatic carbocycles. The number of halogens is 1. The summed E-state index contributed by atoms with van der Waals surface area (Å²) in [5.41, 5.74) is 1.23. The summed E-state index contributed by atoms with van der Waals surface area (Å²) in [6.45, 7) is 0.186. The van der Waals surface area contributed by atoms with E-state index in [1.54, 1.807) is 24.4 Å². The summed E-state index contributed by atoms with van der Waals surface area (Å²) in [6, 6.07) is 9.64. The van der Waals surface area contributed by atoms with E-state index in [0.29, 0.717) is 22.1 Å². The quantitative estimate of drug-likeness (QED) is 0.684. The average Bonchev–Trinajstić information content (AvgIpc) is 3.16. The molecule has 2 N–H and O–H groups in total. The van der Waals surface area contributed by atoms with Gasteiger partial charge in [-0.15, -0.1) is 22.0 Å². The summed E-state index contributed by atoms with van der Waals surface area (Å²) < 4.78 is 13.4. The molecule has 0 fully saturated rings. The minimum absolute atomic E-state index is 0.0623. The van der Waals surface area contributed by atoms with Crippen molar-refractivity contribution in [1.82, 2.24) is 20.2 Å². The van der Waals surface area contributed by atoms with Gasteiger partial charge in [-0.3, -0.25) is 19.9 Å². The Labute approximate surface area is 163 Å². The lowest BCUT2D eigenvalue weighted by atomic mass is 10.2. The lowest BCUT2D eigenvalue weighted by Gasteiger charge is -2.28. The van der Waals surface area contributed by atoms with Crippen molar-refractivity contribution >= 4 is 35.2 Å². The van der Waals surface area contributed by atoms with E-state index in [9.17, 15) is 14.0 Å². The number of hydrogen-bond donors (Lipinski definition) is 2. The molecule has 1 aliphatic rings. The SMILES string of the molecule is O=C(CCN1C(=O)CSc2cc(F)ccc21)Nc1nnc(-c2ccccn2)[nH]1. The summed E-state index contributed by atoms with van der Waals surface area (Å²) in [5.74, 6) is 0.0663. The Balaban J connectivity index is 1.39. The second kappa shape index (κ2) is 7.77. The van der Waals surface area contributed by atoms with Gasteiger partial charge in [0.1, 0.15) is 11.5 Å². The highest BCUT2D eigenvalue weighted by atomic mass is 32.2. The molecule has 0 spiro atoms. The topological polar surface area (TPSA) is 104 Å². The van der Waals surface area contributed by atoms with Gasteiger partial charge in [0.25, 0.3) is 0 Å². The lowest BCUT2D eigenvalue weighted by Crippen LogP contribution is -2.37. The molecule has 2 amide bonds. The van der Waals surface area contributed by atoms with Gasteiger partial charge >= 0.3 is 0 Å². The van der Waals surface area contributed by atoms with Crippen molar-refractivity contribution in [2.45, 2.75) is 11.3 Å². The molecule has 0 unspecified atom stereocenters. The maximum atomic E-state index is 13.4. The highest BCUT2D eigenvalue weighted by Crippen LogP contribution is 2.35. The van der Waals surface area contributed by atoms with Crippen molar-refractivity contribution in [3.63, 3.8) is 0 Å². The molecule has 0 bridgehead atoms. The number of nitrogens with one attached hydrogen (secondary N) is 2. The minimum atomic E-state index is -0.354. The van der Waals surface area contributed by atoms with Crippen LogP contribution in [0.4, 0.5) is 16.0 Å². The van der Waals surface area contributed by atoms with Gasteiger partial charge in [-0.1, -0.05) is 6.07 Å². The molecule has 142 valence electrons. The third-order valence-corrected chi connectivity index (χ3v) is 5.11. The monoisotopic (exact) mass is 398 g/mol. The van der Waals surface area contributed by atoms with E-state index in [2.05, 4.69) is 25.5 Å². The molecule has 3 heterocycles. The van der Waals surface area contributed by atoms with E-state index in [1.807, 2.05) is 6.07 Å². The maximum absolute atomic E-state index is 13.4. The van der Waals surface area contributed by atoms with Crippen LogP contribution >= 0.6 is 11.8 Å². The Bertz CT molecular complexity index is 1030. The van der Waals surface area contributed by atoms with Crippen LogP contribution in [0.25, 0.3) is 11.5 Å². The molecular weight excluding hydrogens is 383 g/mol. The van der Waals surface area contributed by atoms with Crippen LogP contribution in [0.3, 0.4) is 0 Å². The molecule has 0 saturated heterocycles. The Kier molecular flexibility index (Phi) is 5.02. The lowest BCUT2D eigenvalue weighted by molar-refractivity contribution is -0.117. The summed E-state index contributed by atoms with van der Waals surface area (Å²) in [6.07, 6.45) is 1.70. The second-order valence-corrected chi connectivity index (χ2v) is 7.00. The third-order valence-electron chi connectivity index (χ3n) is 4.08. The predicted octanol–water partition coefficient (Wildman–Crippen LogP) is 2.47. The van der Waals surface area contributed by atoms with Gasteiger partial charge in [0.05, 0.1) is 11.4 Å². The zero-order valence-electron chi connectivity index (χ0n) is 14.6. The number of H-pyrrole nitrogens is 1. The van der Waals surface area contributed by atoms with Gasteiger partial charge in [0.2, 0.25) is 17.8 Å². The number of carbonyl (C=O) groups excluding carboxylic acids is 2. The molecule has 0 atom stereocenters. The van der Waals surface area contributed by atoms with Gasteiger partial charge in [0.15, 0.2) is 5.82 Å². The van der Waals surface area contributed by atoms with Crippen LogP contribution in [0.2, 0.25) is 0 Å². The smallest absolute Gasteiger partial charge is 0.237 e. The van der Waals surface area contributed by atoms with Crippen LogP contribution in [0.5, 0.6) is 0 Å². The highest BCUT2D eigenvalue weighted by molar-refractivity contribution is 8.00. The number of amides is 2. The van der Waals surface area contributed by atoms with Gasteiger partial charge < -0.3 is 9.88 Å². The number of fused-ring (bicyclic) bond motifs is 1. The fourth-order valence-electron chi connectivity index (χ4n) is 2.77. The van der Waals surface area contributed by atoms with E-state index >= 15 is 0 Å². The Morgan fingerprint density at radius 1 is 1.29 bits per heavy atom. The molecule has 10 heteroatoms. The number of benzene rings is 1. The molecule has 4 rings (SSSR count). The van der Waals surface area contributed by atoms with Crippen LogP contribution < -0.4 is 10.2 Å². The van der Waals surface area contributed by atoms with Gasteiger partial charge in [-0.25, -0.2) is 4.39 Å². The van der Waals surface area contributed by atoms with Crippen molar-refractivity contribution in [3.05, 3.63) is 48.4 Å². The number of aromatic amines is 1. The van der Waals surface area contributed by atoms with Crippen LogP contribution in [-0.2, 0) is 9.59 Å².